The average molecular weight is 308 g/mol. The quantitative estimate of drug-likeness (QED) is 0.607. The van der Waals surface area contributed by atoms with Crippen LogP contribution in [-0.4, -0.2) is 11.2 Å². The lowest BCUT2D eigenvalue weighted by atomic mass is 10.3. The normalized spacial score (nSPS) is 10.2. The summed E-state index contributed by atoms with van der Waals surface area (Å²) < 4.78 is 11.4. The molecular formula is C18H14NO2S. The summed E-state index contributed by atoms with van der Waals surface area (Å²) in [6, 6.07) is 21.8. The fourth-order valence-electron chi connectivity index (χ4n) is 1.84. The van der Waals surface area contributed by atoms with Crippen molar-refractivity contribution in [1.29, 1.82) is 0 Å². The highest BCUT2D eigenvalue weighted by atomic mass is 32.2. The number of benzene rings is 2. The van der Waals surface area contributed by atoms with Gasteiger partial charge in [-0.3, -0.25) is 0 Å². The van der Waals surface area contributed by atoms with Crippen LogP contribution < -0.4 is 9.47 Å². The van der Waals surface area contributed by atoms with Gasteiger partial charge < -0.3 is 9.47 Å². The highest BCUT2D eigenvalue weighted by Gasteiger charge is 2.01. The minimum atomic E-state index is 0.542. The van der Waals surface area contributed by atoms with Crippen LogP contribution in [0.25, 0.3) is 0 Å². The zero-order chi connectivity index (χ0) is 15.2. The maximum Gasteiger partial charge on any atom is 0.219 e. The molecule has 0 saturated carbocycles. The molecule has 0 unspecified atom stereocenters. The smallest absolute Gasteiger partial charge is 0.219 e. The van der Waals surface area contributed by atoms with Crippen LogP contribution in [0.2, 0.25) is 0 Å². The van der Waals surface area contributed by atoms with Crippen LogP contribution in [0.5, 0.6) is 23.1 Å². The first-order chi connectivity index (χ1) is 10.8. The number of hydrogen-bond acceptors (Lipinski definition) is 4. The lowest BCUT2D eigenvalue weighted by Crippen LogP contribution is -1.88. The van der Waals surface area contributed by atoms with Crippen molar-refractivity contribution in [2.75, 3.05) is 6.26 Å². The molecule has 0 N–H and O–H groups in total. The predicted octanol–water partition coefficient (Wildman–Crippen LogP) is 5.19. The lowest BCUT2D eigenvalue weighted by Gasteiger charge is -2.08. The van der Waals surface area contributed by atoms with Crippen molar-refractivity contribution in [3.63, 3.8) is 0 Å². The summed E-state index contributed by atoms with van der Waals surface area (Å²) in [5, 5.41) is 0. The molecule has 22 heavy (non-hydrogen) atoms. The fourth-order valence-corrected chi connectivity index (χ4v) is 2.25. The number of nitrogens with zero attached hydrogens (tertiary/aromatic N) is 1. The minimum Gasteiger partial charge on any atom is -0.457 e. The SMILES string of the molecule is CSc1ccc(Oc2ccc(Oc3cc[c]cn3)cc2)cc1. The van der Waals surface area contributed by atoms with E-state index in [0.717, 1.165) is 11.5 Å². The second-order valence-corrected chi connectivity index (χ2v) is 5.33. The van der Waals surface area contributed by atoms with Crippen molar-refractivity contribution in [3.8, 4) is 23.1 Å². The zero-order valence-corrected chi connectivity index (χ0v) is 12.8. The van der Waals surface area contributed by atoms with E-state index in [4.69, 9.17) is 9.47 Å². The Morgan fingerprint density at radius 1 is 0.818 bits per heavy atom. The molecule has 3 aromatic rings. The van der Waals surface area contributed by atoms with E-state index in [9.17, 15) is 0 Å². The van der Waals surface area contributed by atoms with E-state index in [-0.39, 0.29) is 0 Å². The van der Waals surface area contributed by atoms with E-state index in [0.29, 0.717) is 11.6 Å². The van der Waals surface area contributed by atoms with Crippen LogP contribution in [0.15, 0.2) is 71.8 Å². The van der Waals surface area contributed by atoms with Gasteiger partial charge in [-0.1, -0.05) is 0 Å². The molecule has 1 aromatic heterocycles. The molecule has 4 heteroatoms. The molecule has 0 aliphatic heterocycles. The van der Waals surface area contributed by atoms with Crippen molar-refractivity contribution in [2.45, 2.75) is 4.90 Å². The molecule has 0 amide bonds. The Morgan fingerprint density at radius 3 is 1.95 bits per heavy atom. The first-order valence-electron chi connectivity index (χ1n) is 6.75. The average Bonchev–Trinajstić information content (AvgIpc) is 2.58. The standard InChI is InChI=1S/C18H14NO2S/c1-22-17-11-9-15(10-12-17)20-14-5-7-16(8-6-14)21-18-4-2-3-13-19-18/h2,4-13H,1H3. The summed E-state index contributed by atoms with van der Waals surface area (Å²) in [5.41, 5.74) is 0. The summed E-state index contributed by atoms with van der Waals surface area (Å²) in [5.74, 6) is 2.83. The van der Waals surface area contributed by atoms with Crippen molar-refractivity contribution in [2.24, 2.45) is 0 Å². The number of pyridine rings is 1. The number of ether oxygens (including phenoxy) is 2. The van der Waals surface area contributed by atoms with Gasteiger partial charge in [0.1, 0.15) is 17.2 Å². The van der Waals surface area contributed by atoms with Gasteiger partial charge in [-0.15, -0.1) is 11.8 Å². The van der Waals surface area contributed by atoms with Crippen LogP contribution in [0.1, 0.15) is 0 Å². The van der Waals surface area contributed by atoms with E-state index in [1.54, 1.807) is 30.1 Å². The Hall–Kier alpha value is -2.46. The molecule has 0 aliphatic carbocycles. The first-order valence-corrected chi connectivity index (χ1v) is 7.98. The highest BCUT2D eigenvalue weighted by molar-refractivity contribution is 7.98. The largest absolute Gasteiger partial charge is 0.457 e. The Morgan fingerprint density at radius 2 is 1.41 bits per heavy atom. The molecule has 109 valence electrons. The van der Waals surface area contributed by atoms with Gasteiger partial charge in [0.25, 0.3) is 0 Å². The number of rotatable bonds is 5. The van der Waals surface area contributed by atoms with Crippen LogP contribution in [0, 0.1) is 6.07 Å². The first kappa shape index (κ1) is 14.5. The van der Waals surface area contributed by atoms with E-state index < -0.39 is 0 Å². The molecule has 3 nitrogen and oxygen atoms in total. The maximum atomic E-state index is 5.80. The van der Waals surface area contributed by atoms with E-state index in [1.807, 2.05) is 54.8 Å². The molecular weight excluding hydrogens is 294 g/mol. The zero-order valence-electron chi connectivity index (χ0n) is 12.0. The predicted molar refractivity (Wildman–Crippen MR) is 87.9 cm³/mol. The topological polar surface area (TPSA) is 31.4 Å². The summed E-state index contributed by atoms with van der Waals surface area (Å²) in [7, 11) is 0. The highest BCUT2D eigenvalue weighted by Crippen LogP contribution is 2.27. The van der Waals surface area contributed by atoms with Gasteiger partial charge in [-0.2, -0.15) is 0 Å². The number of aromatic nitrogens is 1. The Balaban J connectivity index is 1.66. The summed E-state index contributed by atoms with van der Waals surface area (Å²) in [6.45, 7) is 0. The number of thioether (sulfide) groups is 1. The van der Waals surface area contributed by atoms with E-state index in [2.05, 4.69) is 11.1 Å². The molecule has 3 rings (SSSR count). The van der Waals surface area contributed by atoms with Gasteiger partial charge in [-0.05, 0) is 60.9 Å². The Bertz CT molecular complexity index is 712. The van der Waals surface area contributed by atoms with Gasteiger partial charge in [0.05, 0.1) is 0 Å². The monoisotopic (exact) mass is 308 g/mol. The minimum absolute atomic E-state index is 0.542. The number of hydrogen-bond donors (Lipinski definition) is 0. The second-order valence-electron chi connectivity index (χ2n) is 4.45. The molecule has 1 heterocycles. The Labute approximate surface area is 133 Å². The third-order valence-electron chi connectivity index (χ3n) is 2.93. The van der Waals surface area contributed by atoms with Gasteiger partial charge in [0, 0.05) is 23.2 Å². The summed E-state index contributed by atoms with van der Waals surface area (Å²) in [6.07, 6.45) is 3.62. The third-order valence-corrected chi connectivity index (χ3v) is 3.67. The fraction of sp³-hybridized carbons (Fsp3) is 0.0556. The van der Waals surface area contributed by atoms with E-state index >= 15 is 0 Å². The molecule has 0 saturated heterocycles. The molecule has 0 bridgehead atoms. The van der Waals surface area contributed by atoms with Crippen LogP contribution in [0.3, 0.4) is 0 Å². The van der Waals surface area contributed by atoms with Gasteiger partial charge >= 0.3 is 0 Å². The van der Waals surface area contributed by atoms with Gasteiger partial charge in [-0.25, -0.2) is 4.98 Å². The lowest BCUT2D eigenvalue weighted by molar-refractivity contribution is 0.456. The molecule has 0 spiro atoms. The molecule has 1 radical (unpaired) electrons. The third kappa shape index (κ3) is 3.80. The molecule has 2 aromatic carbocycles. The molecule has 0 aliphatic rings. The molecule has 0 atom stereocenters. The van der Waals surface area contributed by atoms with Gasteiger partial charge in [0.2, 0.25) is 5.88 Å². The van der Waals surface area contributed by atoms with E-state index in [1.165, 1.54) is 4.90 Å². The van der Waals surface area contributed by atoms with Crippen molar-refractivity contribution in [1.82, 2.24) is 4.98 Å². The van der Waals surface area contributed by atoms with Crippen molar-refractivity contribution < 1.29 is 9.47 Å². The summed E-state index contributed by atoms with van der Waals surface area (Å²) >= 11 is 1.71. The van der Waals surface area contributed by atoms with Gasteiger partial charge in [0.15, 0.2) is 0 Å². The van der Waals surface area contributed by atoms with Crippen LogP contribution in [-0.2, 0) is 0 Å². The van der Waals surface area contributed by atoms with Crippen molar-refractivity contribution >= 4 is 11.8 Å². The summed E-state index contributed by atoms with van der Waals surface area (Å²) in [4.78, 5) is 5.28. The Kier molecular flexibility index (Phi) is 4.61. The second kappa shape index (κ2) is 7.00. The van der Waals surface area contributed by atoms with Crippen molar-refractivity contribution in [3.05, 3.63) is 72.9 Å². The molecule has 0 fully saturated rings. The maximum absolute atomic E-state index is 5.80. The van der Waals surface area contributed by atoms with Crippen LogP contribution in [0.4, 0.5) is 0 Å². The van der Waals surface area contributed by atoms with Crippen LogP contribution >= 0.6 is 11.8 Å².